The molecule has 0 spiro atoms. The first-order valence-corrected chi connectivity index (χ1v) is 6.46. The highest BCUT2D eigenvalue weighted by Gasteiger charge is 2.12. The third-order valence-electron chi connectivity index (χ3n) is 3.42. The summed E-state index contributed by atoms with van der Waals surface area (Å²) >= 11 is 5.92. The van der Waals surface area contributed by atoms with Crippen LogP contribution in [0.1, 0.15) is 11.4 Å². The third kappa shape index (κ3) is 1.87. The smallest absolute Gasteiger partial charge is 0.138 e. The number of nitrogens with zero attached hydrogens (tertiary/aromatic N) is 2. The lowest BCUT2D eigenvalue weighted by Gasteiger charge is -2.05. The Labute approximate surface area is 116 Å². The third-order valence-corrected chi connectivity index (χ3v) is 3.67. The largest absolute Gasteiger partial charge is 0.397 e. The van der Waals surface area contributed by atoms with Gasteiger partial charge in [-0.25, -0.2) is 4.98 Å². The molecule has 4 heteroatoms. The number of anilines is 1. The second-order valence-electron chi connectivity index (χ2n) is 4.62. The van der Waals surface area contributed by atoms with Gasteiger partial charge in [0.15, 0.2) is 0 Å². The van der Waals surface area contributed by atoms with Crippen molar-refractivity contribution in [1.29, 1.82) is 0 Å². The minimum absolute atomic E-state index is 0.727. The highest BCUT2D eigenvalue weighted by molar-refractivity contribution is 6.30. The van der Waals surface area contributed by atoms with Crippen LogP contribution in [-0.2, 0) is 0 Å². The molecule has 0 aliphatic carbocycles. The Morgan fingerprint density at radius 3 is 2.37 bits per heavy atom. The van der Waals surface area contributed by atoms with Crippen LogP contribution in [0.2, 0.25) is 5.02 Å². The molecule has 0 bridgehead atoms. The van der Waals surface area contributed by atoms with E-state index < -0.39 is 0 Å². The summed E-state index contributed by atoms with van der Waals surface area (Å²) in [5.41, 5.74) is 11.8. The van der Waals surface area contributed by atoms with E-state index in [-0.39, 0.29) is 0 Å². The van der Waals surface area contributed by atoms with Gasteiger partial charge in [0, 0.05) is 22.0 Å². The number of rotatable bonds is 1. The zero-order valence-corrected chi connectivity index (χ0v) is 11.6. The summed E-state index contributed by atoms with van der Waals surface area (Å²) in [4.78, 5) is 4.68. The number of benzene rings is 1. The van der Waals surface area contributed by atoms with Crippen LogP contribution in [0, 0.1) is 13.8 Å². The summed E-state index contributed by atoms with van der Waals surface area (Å²) in [7, 11) is 0. The first kappa shape index (κ1) is 12.1. The Hall–Kier alpha value is -2.00. The van der Waals surface area contributed by atoms with E-state index in [0.717, 1.165) is 39.0 Å². The van der Waals surface area contributed by atoms with Crippen molar-refractivity contribution < 1.29 is 0 Å². The number of fused-ring (bicyclic) bond motifs is 1. The summed E-state index contributed by atoms with van der Waals surface area (Å²) in [5.74, 6) is 0. The van der Waals surface area contributed by atoms with E-state index in [2.05, 4.69) is 16.3 Å². The molecule has 1 aromatic carbocycles. The summed E-state index contributed by atoms with van der Waals surface area (Å²) in [6.07, 6.45) is 0. The van der Waals surface area contributed by atoms with E-state index in [9.17, 15) is 0 Å². The highest BCUT2D eigenvalue weighted by Crippen LogP contribution is 2.27. The number of nitrogens with two attached hydrogens (primary N) is 1. The second kappa shape index (κ2) is 4.28. The maximum Gasteiger partial charge on any atom is 0.138 e. The van der Waals surface area contributed by atoms with Gasteiger partial charge in [-0.2, -0.15) is 0 Å². The predicted molar refractivity (Wildman–Crippen MR) is 79.5 cm³/mol. The lowest BCUT2D eigenvalue weighted by Crippen LogP contribution is -1.99. The summed E-state index contributed by atoms with van der Waals surface area (Å²) in [5, 5.41) is 0.727. The van der Waals surface area contributed by atoms with Crippen molar-refractivity contribution in [2.75, 3.05) is 5.73 Å². The van der Waals surface area contributed by atoms with E-state index in [1.807, 2.05) is 43.3 Å². The normalized spacial score (nSPS) is 11.1. The Morgan fingerprint density at radius 2 is 1.68 bits per heavy atom. The molecule has 2 heterocycles. The first-order chi connectivity index (χ1) is 9.08. The van der Waals surface area contributed by atoms with Gasteiger partial charge in [-0.1, -0.05) is 23.7 Å². The molecular weight excluding hydrogens is 258 g/mol. The molecule has 0 saturated heterocycles. The molecule has 0 fully saturated rings. The van der Waals surface area contributed by atoms with Crippen LogP contribution < -0.4 is 5.73 Å². The van der Waals surface area contributed by atoms with Crippen molar-refractivity contribution in [1.82, 2.24) is 9.38 Å². The lowest BCUT2D eigenvalue weighted by atomic mass is 10.1. The Morgan fingerprint density at radius 1 is 1.00 bits per heavy atom. The maximum absolute atomic E-state index is 5.96. The standard InChI is InChI=1S/C15H14ClN3/c1-9-13(17)7-8-14-18-15(10(2)19(9)14)11-3-5-12(16)6-4-11/h3-8H,17H2,1-2H3. The van der Waals surface area contributed by atoms with E-state index in [0.29, 0.717) is 0 Å². The van der Waals surface area contributed by atoms with Crippen LogP contribution in [-0.4, -0.2) is 9.38 Å². The van der Waals surface area contributed by atoms with Gasteiger partial charge < -0.3 is 5.73 Å². The second-order valence-corrected chi connectivity index (χ2v) is 5.06. The van der Waals surface area contributed by atoms with Gasteiger partial charge in [0.05, 0.1) is 11.4 Å². The van der Waals surface area contributed by atoms with Gasteiger partial charge in [0.1, 0.15) is 5.65 Å². The predicted octanol–water partition coefficient (Wildman–Crippen LogP) is 3.85. The van der Waals surface area contributed by atoms with E-state index in [1.165, 1.54) is 0 Å². The van der Waals surface area contributed by atoms with Gasteiger partial charge in [0.25, 0.3) is 0 Å². The SMILES string of the molecule is Cc1c(N)ccc2nc(-c3ccc(Cl)cc3)c(C)n12. The first-order valence-electron chi connectivity index (χ1n) is 6.08. The van der Waals surface area contributed by atoms with Crippen LogP contribution >= 0.6 is 11.6 Å². The summed E-state index contributed by atoms with van der Waals surface area (Å²) in [6.45, 7) is 4.05. The number of imidazole rings is 1. The van der Waals surface area contributed by atoms with Gasteiger partial charge in [0.2, 0.25) is 0 Å². The molecule has 0 amide bonds. The topological polar surface area (TPSA) is 43.3 Å². The van der Waals surface area contributed by atoms with Crippen LogP contribution in [0.4, 0.5) is 5.69 Å². The zero-order chi connectivity index (χ0) is 13.6. The lowest BCUT2D eigenvalue weighted by molar-refractivity contribution is 1.04. The average molecular weight is 272 g/mol. The molecule has 0 saturated carbocycles. The molecule has 0 aliphatic heterocycles. The van der Waals surface area contributed by atoms with E-state index in [1.54, 1.807) is 0 Å². The average Bonchev–Trinajstić information content (AvgIpc) is 2.73. The van der Waals surface area contributed by atoms with Crippen molar-refractivity contribution >= 4 is 22.9 Å². The molecule has 0 unspecified atom stereocenters. The monoisotopic (exact) mass is 271 g/mol. The van der Waals surface area contributed by atoms with Crippen molar-refractivity contribution in [2.45, 2.75) is 13.8 Å². The molecule has 0 radical (unpaired) electrons. The Bertz CT molecular complexity index is 757. The number of hydrogen-bond acceptors (Lipinski definition) is 2. The highest BCUT2D eigenvalue weighted by atomic mass is 35.5. The van der Waals surface area contributed by atoms with Crippen LogP contribution in [0.15, 0.2) is 36.4 Å². The molecular formula is C15H14ClN3. The van der Waals surface area contributed by atoms with Crippen LogP contribution in [0.3, 0.4) is 0 Å². The Balaban J connectivity index is 2.28. The number of halogens is 1. The molecule has 0 atom stereocenters. The molecule has 3 nitrogen and oxygen atoms in total. The summed E-state index contributed by atoms with van der Waals surface area (Å²) < 4.78 is 2.08. The minimum Gasteiger partial charge on any atom is -0.397 e. The van der Waals surface area contributed by atoms with Crippen molar-refractivity contribution in [2.24, 2.45) is 0 Å². The number of aryl methyl sites for hydroxylation is 2. The quantitative estimate of drug-likeness (QED) is 0.730. The van der Waals surface area contributed by atoms with Gasteiger partial charge in [-0.15, -0.1) is 0 Å². The maximum atomic E-state index is 5.96. The fourth-order valence-electron chi connectivity index (χ4n) is 2.35. The summed E-state index contributed by atoms with van der Waals surface area (Å²) in [6, 6.07) is 11.5. The molecule has 3 rings (SSSR count). The number of pyridine rings is 1. The molecule has 3 aromatic rings. The van der Waals surface area contributed by atoms with Crippen LogP contribution in [0.5, 0.6) is 0 Å². The van der Waals surface area contributed by atoms with Crippen molar-refractivity contribution in [3.05, 3.63) is 52.8 Å². The fraction of sp³-hybridized carbons (Fsp3) is 0.133. The van der Waals surface area contributed by atoms with Crippen LogP contribution in [0.25, 0.3) is 16.9 Å². The number of aromatic nitrogens is 2. The van der Waals surface area contributed by atoms with Crippen molar-refractivity contribution in [3.8, 4) is 11.3 Å². The van der Waals surface area contributed by atoms with Gasteiger partial charge in [-0.05, 0) is 38.1 Å². The van der Waals surface area contributed by atoms with Crippen molar-refractivity contribution in [3.63, 3.8) is 0 Å². The molecule has 19 heavy (non-hydrogen) atoms. The minimum atomic E-state index is 0.727. The fourth-order valence-corrected chi connectivity index (χ4v) is 2.48. The molecule has 2 N–H and O–H groups in total. The number of hydrogen-bond donors (Lipinski definition) is 1. The van der Waals surface area contributed by atoms with E-state index in [4.69, 9.17) is 17.3 Å². The Kier molecular flexibility index (Phi) is 2.72. The zero-order valence-electron chi connectivity index (χ0n) is 10.8. The van der Waals surface area contributed by atoms with Gasteiger partial charge in [-0.3, -0.25) is 4.40 Å². The number of nitrogen functional groups attached to an aromatic ring is 1. The molecule has 96 valence electrons. The molecule has 0 aliphatic rings. The molecule has 2 aromatic heterocycles. The van der Waals surface area contributed by atoms with E-state index >= 15 is 0 Å². The van der Waals surface area contributed by atoms with Gasteiger partial charge >= 0.3 is 0 Å².